The second kappa shape index (κ2) is 6.20. The molecule has 1 aliphatic heterocycles. The molecule has 2 unspecified atom stereocenters. The maximum Gasteiger partial charge on any atom is 0.239 e. The zero-order chi connectivity index (χ0) is 13.8. The number of likely N-dealkylation sites (N-methyl/N-ethyl adjacent to an activating group) is 1. The van der Waals surface area contributed by atoms with Gasteiger partial charge in [0.25, 0.3) is 0 Å². The third-order valence-corrected chi connectivity index (χ3v) is 3.79. The molecular formula is C16H24N2O. The lowest BCUT2D eigenvalue weighted by molar-refractivity contribution is -0.133. The average Bonchev–Trinajstić information content (AvgIpc) is 2.38. The number of hydrogen-bond donors (Lipinski definition) is 1. The third kappa shape index (κ3) is 3.80. The van der Waals surface area contributed by atoms with Crippen molar-refractivity contribution in [2.45, 2.75) is 51.7 Å². The van der Waals surface area contributed by atoms with Crippen LogP contribution in [0.4, 0.5) is 0 Å². The number of carbonyl (C=O) groups excluding carboxylic acids is 1. The fourth-order valence-corrected chi connectivity index (χ4v) is 2.76. The maximum absolute atomic E-state index is 12.4. The van der Waals surface area contributed by atoms with E-state index in [1.807, 2.05) is 18.0 Å². The lowest BCUT2D eigenvalue weighted by Gasteiger charge is -2.31. The molecule has 1 saturated heterocycles. The van der Waals surface area contributed by atoms with Gasteiger partial charge in [0, 0.05) is 19.6 Å². The van der Waals surface area contributed by atoms with E-state index in [1.54, 1.807) is 0 Å². The molecule has 2 rings (SSSR count). The highest BCUT2D eigenvalue weighted by atomic mass is 16.2. The smallest absolute Gasteiger partial charge is 0.239 e. The van der Waals surface area contributed by atoms with E-state index in [2.05, 4.69) is 37.4 Å². The fraction of sp³-hybridized carbons (Fsp3) is 0.562. The molecule has 3 nitrogen and oxygen atoms in total. The van der Waals surface area contributed by atoms with Crippen molar-refractivity contribution in [3.63, 3.8) is 0 Å². The SMILES string of the molecule is Cc1cccc(CN(C)C(=O)C2CCCC(C)N2)c1. The first kappa shape index (κ1) is 14.1. The van der Waals surface area contributed by atoms with E-state index >= 15 is 0 Å². The standard InChI is InChI=1S/C16H24N2O/c1-12-6-4-8-14(10-12)11-18(3)16(19)15-9-5-7-13(2)17-15/h4,6,8,10,13,15,17H,5,7,9,11H2,1-3H3. The summed E-state index contributed by atoms with van der Waals surface area (Å²) in [6.45, 7) is 4.92. The summed E-state index contributed by atoms with van der Waals surface area (Å²) in [6, 6.07) is 8.79. The normalized spacial score (nSPS) is 23.1. The van der Waals surface area contributed by atoms with Crippen LogP contribution in [0.5, 0.6) is 0 Å². The molecule has 1 aromatic carbocycles. The molecule has 0 saturated carbocycles. The van der Waals surface area contributed by atoms with Crippen LogP contribution in [0.2, 0.25) is 0 Å². The second-order valence-electron chi connectivity index (χ2n) is 5.73. The predicted octanol–water partition coefficient (Wildman–Crippen LogP) is 2.48. The largest absolute Gasteiger partial charge is 0.340 e. The minimum Gasteiger partial charge on any atom is -0.340 e. The summed E-state index contributed by atoms with van der Waals surface area (Å²) < 4.78 is 0. The first-order valence-corrected chi connectivity index (χ1v) is 7.13. The molecule has 0 radical (unpaired) electrons. The van der Waals surface area contributed by atoms with Crippen molar-refractivity contribution in [2.24, 2.45) is 0 Å². The van der Waals surface area contributed by atoms with Crippen molar-refractivity contribution in [1.82, 2.24) is 10.2 Å². The van der Waals surface area contributed by atoms with E-state index in [0.29, 0.717) is 12.6 Å². The summed E-state index contributed by atoms with van der Waals surface area (Å²) >= 11 is 0. The summed E-state index contributed by atoms with van der Waals surface area (Å²) in [5.41, 5.74) is 2.43. The van der Waals surface area contributed by atoms with Gasteiger partial charge in [0.2, 0.25) is 5.91 Å². The molecule has 0 spiro atoms. The average molecular weight is 260 g/mol. The Bertz CT molecular complexity index is 444. The van der Waals surface area contributed by atoms with Crippen molar-refractivity contribution < 1.29 is 4.79 Å². The summed E-state index contributed by atoms with van der Waals surface area (Å²) in [6.07, 6.45) is 3.27. The van der Waals surface area contributed by atoms with Crippen LogP contribution in [0.25, 0.3) is 0 Å². The quantitative estimate of drug-likeness (QED) is 0.905. The number of amides is 1. The van der Waals surface area contributed by atoms with Crippen molar-refractivity contribution in [2.75, 3.05) is 7.05 Å². The monoisotopic (exact) mass is 260 g/mol. The molecule has 1 amide bonds. The Morgan fingerprint density at radius 1 is 1.42 bits per heavy atom. The fourth-order valence-electron chi connectivity index (χ4n) is 2.76. The van der Waals surface area contributed by atoms with Crippen LogP contribution in [-0.4, -0.2) is 29.9 Å². The Hall–Kier alpha value is -1.35. The molecule has 1 aliphatic rings. The lowest BCUT2D eigenvalue weighted by atomic mass is 9.98. The number of benzene rings is 1. The Balaban J connectivity index is 1.95. The number of nitrogens with one attached hydrogen (secondary N) is 1. The van der Waals surface area contributed by atoms with Gasteiger partial charge in [-0.1, -0.05) is 29.8 Å². The Labute approximate surface area is 116 Å². The van der Waals surface area contributed by atoms with E-state index in [1.165, 1.54) is 17.5 Å². The molecule has 104 valence electrons. The van der Waals surface area contributed by atoms with Crippen LogP contribution in [0.3, 0.4) is 0 Å². The van der Waals surface area contributed by atoms with E-state index in [4.69, 9.17) is 0 Å². The van der Waals surface area contributed by atoms with Gasteiger partial charge in [-0.2, -0.15) is 0 Å². The summed E-state index contributed by atoms with van der Waals surface area (Å²) in [7, 11) is 1.89. The number of nitrogens with zero attached hydrogens (tertiary/aromatic N) is 1. The Morgan fingerprint density at radius 3 is 2.89 bits per heavy atom. The zero-order valence-electron chi connectivity index (χ0n) is 12.1. The molecule has 2 atom stereocenters. The van der Waals surface area contributed by atoms with Crippen molar-refractivity contribution in [1.29, 1.82) is 0 Å². The molecule has 1 heterocycles. The highest BCUT2D eigenvalue weighted by Gasteiger charge is 2.26. The van der Waals surface area contributed by atoms with Gasteiger partial charge in [-0.05, 0) is 38.7 Å². The van der Waals surface area contributed by atoms with Crippen LogP contribution >= 0.6 is 0 Å². The second-order valence-corrected chi connectivity index (χ2v) is 5.73. The minimum atomic E-state index is -0.00133. The summed E-state index contributed by atoms with van der Waals surface area (Å²) in [4.78, 5) is 14.2. The number of piperidine rings is 1. The van der Waals surface area contributed by atoms with Crippen LogP contribution in [0, 0.1) is 6.92 Å². The van der Waals surface area contributed by atoms with Gasteiger partial charge in [0.1, 0.15) is 0 Å². The molecule has 1 N–H and O–H groups in total. The zero-order valence-corrected chi connectivity index (χ0v) is 12.1. The maximum atomic E-state index is 12.4. The topological polar surface area (TPSA) is 32.3 Å². The van der Waals surface area contributed by atoms with Crippen molar-refractivity contribution in [3.8, 4) is 0 Å². The van der Waals surface area contributed by atoms with E-state index in [0.717, 1.165) is 12.8 Å². The molecule has 0 bridgehead atoms. The highest BCUT2D eigenvalue weighted by Crippen LogP contribution is 2.15. The Morgan fingerprint density at radius 2 is 2.21 bits per heavy atom. The van der Waals surface area contributed by atoms with Crippen LogP contribution < -0.4 is 5.32 Å². The first-order chi connectivity index (χ1) is 9.06. The van der Waals surface area contributed by atoms with Gasteiger partial charge in [-0.25, -0.2) is 0 Å². The summed E-state index contributed by atoms with van der Waals surface area (Å²) in [5, 5.41) is 3.40. The molecule has 3 heteroatoms. The van der Waals surface area contributed by atoms with E-state index < -0.39 is 0 Å². The van der Waals surface area contributed by atoms with Crippen LogP contribution in [-0.2, 0) is 11.3 Å². The van der Waals surface area contributed by atoms with E-state index in [9.17, 15) is 4.79 Å². The van der Waals surface area contributed by atoms with Crippen LogP contribution in [0.15, 0.2) is 24.3 Å². The van der Waals surface area contributed by atoms with Gasteiger partial charge in [0.15, 0.2) is 0 Å². The molecule has 0 aliphatic carbocycles. The third-order valence-electron chi connectivity index (χ3n) is 3.79. The molecule has 19 heavy (non-hydrogen) atoms. The van der Waals surface area contributed by atoms with Crippen molar-refractivity contribution >= 4 is 5.91 Å². The lowest BCUT2D eigenvalue weighted by Crippen LogP contribution is -2.50. The van der Waals surface area contributed by atoms with Gasteiger partial charge in [-0.15, -0.1) is 0 Å². The van der Waals surface area contributed by atoms with Crippen molar-refractivity contribution in [3.05, 3.63) is 35.4 Å². The number of hydrogen-bond acceptors (Lipinski definition) is 2. The predicted molar refractivity (Wildman–Crippen MR) is 77.9 cm³/mol. The number of carbonyl (C=O) groups is 1. The molecule has 0 aromatic heterocycles. The number of rotatable bonds is 3. The minimum absolute atomic E-state index is 0.00133. The first-order valence-electron chi connectivity index (χ1n) is 7.13. The number of aryl methyl sites for hydroxylation is 1. The molecule has 1 aromatic rings. The Kier molecular flexibility index (Phi) is 4.59. The summed E-state index contributed by atoms with van der Waals surface area (Å²) in [5.74, 6) is 0.216. The molecular weight excluding hydrogens is 236 g/mol. The highest BCUT2D eigenvalue weighted by molar-refractivity contribution is 5.81. The van der Waals surface area contributed by atoms with Gasteiger partial charge >= 0.3 is 0 Å². The van der Waals surface area contributed by atoms with E-state index in [-0.39, 0.29) is 11.9 Å². The van der Waals surface area contributed by atoms with Gasteiger partial charge in [-0.3, -0.25) is 4.79 Å². The van der Waals surface area contributed by atoms with Gasteiger partial charge in [0.05, 0.1) is 6.04 Å². The van der Waals surface area contributed by atoms with Crippen LogP contribution in [0.1, 0.15) is 37.3 Å². The van der Waals surface area contributed by atoms with Gasteiger partial charge < -0.3 is 10.2 Å². The molecule has 1 fully saturated rings.